The van der Waals surface area contributed by atoms with E-state index in [9.17, 15) is 0 Å². The Morgan fingerprint density at radius 3 is 2.64 bits per heavy atom. The highest BCUT2D eigenvalue weighted by Crippen LogP contribution is 2.19. The molecule has 1 N–H and O–H groups in total. The lowest BCUT2D eigenvalue weighted by molar-refractivity contribution is -0.205. The molecule has 0 aromatic heterocycles. The third kappa shape index (κ3) is 4.78. The van der Waals surface area contributed by atoms with Gasteiger partial charge >= 0.3 is 0 Å². The van der Waals surface area contributed by atoms with Gasteiger partial charge in [0.2, 0.25) is 0 Å². The van der Waals surface area contributed by atoms with Gasteiger partial charge in [-0.2, -0.15) is 5.48 Å². The molecule has 2 heterocycles. The molecule has 122 valence electrons. The van der Waals surface area contributed by atoms with Crippen LogP contribution >= 0.6 is 0 Å². The normalized spacial score (nSPS) is 25.0. The van der Waals surface area contributed by atoms with Crippen molar-refractivity contribution in [2.45, 2.75) is 50.9 Å². The van der Waals surface area contributed by atoms with E-state index in [0.29, 0.717) is 0 Å². The van der Waals surface area contributed by atoms with Gasteiger partial charge in [0.15, 0.2) is 6.29 Å². The number of benzene rings is 1. The van der Waals surface area contributed by atoms with E-state index >= 15 is 0 Å². The topological polar surface area (TPSA) is 33.7 Å². The summed E-state index contributed by atoms with van der Waals surface area (Å²) in [6.07, 6.45) is 7.22. The number of nitrogens with zero attached hydrogens (tertiary/aromatic N) is 1. The fourth-order valence-corrected chi connectivity index (χ4v) is 3.26. The average molecular weight is 304 g/mol. The smallest absolute Gasteiger partial charge is 0.177 e. The first kappa shape index (κ1) is 15.9. The number of nitrogens with one attached hydrogen (secondary N) is 1. The molecule has 1 aromatic rings. The van der Waals surface area contributed by atoms with Crippen molar-refractivity contribution in [2.24, 2.45) is 0 Å². The number of hydroxylamine groups is 1. The zero-order valence-corrected chi connectivity index (χ0v) is 13.4. The second-order valence-electron chi connectivity index (χ2n) is 6.36. The largest absolute Gasteiger partial charge is 0.351 e. The second kappa shape index (κ2) is 8.63. The van der Waals surface area contributed by atoms with E-state index in [1.165, 1.54) is 44.3 Å². The van der Waals surface area contributed by atoms with Crippen LogP contribution in [-0.2, 0) is 9.57 Å². The van der Waals surface area contributed by atoms with E-state index in [1.54, 1.807) is 0 Å². The summed E-state index contributed by atoms with van der Waals surface area (Å²) in [5, 5.41) is 0. The van der Waals surface area contributed by atoms with Crippen LogP contribution in [0.2, 0.25) is 0 Å². The van der Waals surface area contributed by atoms with Gasteiger partial charge in [-0.25, -0.2) is 0 Å². The van der Waals surface area contributed by atoms with Crippen LogP contribution in [0.25, 0.3) is 0 Å². The Balaban J connectivity index is 1.57. The average Bonchev–Trinajstić information content (AvgIpc) is 2.61. The minimum atomic E-state index is -0.0960. The van der Waals surface area contributed by atoms with Crippen LogP contribution < -0.4 is 5.48 Å². The van der Waals surface area contributed by atoms with Crippen LogP contribution in [0.3, 0.4) is 0 Å². The van der Waals surface area contributed by atoms with Crippen molar-refractivity contribution in [3.8, 4) is 0 Å². The van der Waals surface area contributed by atoms with Crippen LogP contribution in [-0.4, -0.2) is 37.4 Å². The fourth-order valence-electron chi connectivity index (χ4n) is 3.26. The highest BCUT2D eigenvalue weighted by atomic mass is 16.8. The Bertz CT molecular complexity index is 414. The van der Waals surface area contributed by atoms with Crippen LogP contribution in [0, 0.1) is 0 Å². The van der Waals surface area contributed by atoms with E-state index in [-0.39, 0.29) is 12.3 Å². The number of ether oxygens (including phenoxy) is 1. The number of piperidine rings is 1. The molecule has 4 heteroatoms. The van der Waals surface area contributed by atoms with Gasteiger partial charge < -0.3 is 9.64 Å². The molecule has 0 saturated carbocycles. The molecule has 4 nitrogen and oxygen atoms in total. The Hall–Kier alpha value is -0.940. The number of rotatable bonds is 6. The predicted molar refractivity (Wildman–Crippen MR) is 87.3 cm³/mol. The molecule has 2 saturated heterocycles. The van der Waals surface area contributed by atoms with Crippen LogP contribution in [0.5, 0.6) is 0 Å². The van der Waals surface area contributed by atoms with Crippen molar-refractivity contribution in [1.29, 1.82) is 0 Å². The minimum Gasteiger partial charge on any atom is -0.351 e. The number of hydrogen-bond acceptors (Lipinski definition) is 4. The molecule has 0 spiro atoms. The van der Waals surface area contributed by atoms with E-state index < -0.39 is 0 Å². The van der Waals surface area contributed by atoms with Gasteiger partial charge in [-0.3, -0.25) is 4.84 Å². The standard InChI is InChI=1S/C18H28N2O2/c1-3-9-16(10-4-1)17(15-20-12-6-2-7-13-20)19-22-18-11-5-8-14-21-18/h1,3-4,9-10,17-19H,2,5-8,11-15H2/t17-,18?/m1/s1. The molecular formula is C18H28N2O2. The van der Waals surface area contributed by atoms with Gasteiger partial charge in [-0.05, 0) is 44.3 Å². The molecule has 22 heavy (non-hydrogen) atoms. The molecule has 0 amide bonds. The van der Waals surface area contributed by atoms with Gasteiger partial charge in [-0.1, -0.05) is 36.8 Å². The van der Waals surface area contributed by atoms with Gasteiger partial charge in [0.05, 0.1) is 6.04 Å². The molecule has 2 aliphatic heterocycles. The summed E-state index contributed by atoms with van der Waals surface area (Å²) in [5.74, 6) is 0. The first-order valence-electron chi connectivity index (χ1n) is 8.72. The molecule has 0 aliphatic carbocycles. The van der Waals surface area contributed by atoms with Crippen molar-refractivity contribution in [2.75, 3.05) is 26.2 Å². The third-order valence-corrected chi connectivity index (χ3v) is 4.57. The summed E-state index contributed by atoms with van der Waals surface area (Å²) >= 11 is 0. The third-order valence-electron chi connectivity index (χ3n) is 4.57. The zero-order chi connectivity index (χ0) is 15.0. The second-order valence-corrected chi connectivity index (χ2v) is 6.36. The summed E-state index contributed by atoms with van der Waals surface area (Å²) < 4.78 is 5.66. The monoisotopic (exact) mass is 304 g/mol. The number of likely N-dealkylation sites (tertiary alicyclic amines) is 1. The Morgan fingerprint density at radius 1 is 1.09 bits per heavy atom. The summed E-state index contributed by atoms with van der Waals surface area (Å²) in [7, 11) is 0. The number of hydrogen-bond donors (Lipinski definition) is 1. The maximum absolute atomic E-state index is 5.84. The highest BCUT2D eigenvalue weighted by Gasteiger charge is 2.21. The minimum absolute atomic E-state index is 0.0960. The van der Waals surface area contributed by atoms with Gasteiger partial charge in [0, 0.05) is 19.6 Å². The molecule has 0 radical (unpaired) electrons. The molecule has 1 aromatic carbocycles. The molecule has 2 atom stereocenters. The SMILES string of the molecule is c1ccc([C@@H](CN2CCCCC2)NOC2CCCCO2)cc1. The van der Waals surface area contributed by atoms with E-state index in [0.717, 1.165) is 26.0 Å². The zero-order valence-electron chi connectivity index (χ0n) is 13.4. The van der Waals surface area contributed by atoms with Crippen LogP contribution in [0.1, 0.15) is 50.1 Å². The summed E-state index contributed by atoms with van der Waals surface area (Å²) in [5.41, 5.74) is 4.57. The van der Waals surface area contributed by atoms with Crippen molar-refractivity contribution in [1.82, 2.24) is 10.4 Å². The van der Waals surface area contributed by atoms with E-state index in [2.05, 4.69) is 40.7 Å². The molecule has 2 fully saturated rings. The Morgan fingerprint density at radius 2 is 1.91 bits per heavy atom. The maximum atomic E-state index is 5.84. The van der Waals surface area contributed by atoms with Gasteiger partial charge in [-0.15, -0.1) is 0 Å². The van der Waals surface area contributed by atoms with E-state index in [1.807, 2.05) is 0 Å². The van der Waals surface area contributed by atoms with Crippen LogP contribution in [0.4, 0.5) is 0 Å². The highest BCUT2D eigenvalue weighted by molar-refractivity contribution is 5.19. The molecule has 3 rings (SSSR count). The van der Waals surface area contributed by atoms with Gasteiger partial charge in [0.25, 0.3) is 0 Å². The predicted octanol–water partition coefficient (Wildman–Crippen LogP) is 3.26. The lowest BCUT2D eigenvalue weighted by Gasteiger charge is -2.32. The van der Waals surface area contributed by atoms with Crippen molar-refractivity contribution < 1.29 is 9.57 Å². The molecular weight excluding hydrogens is 276 g/mol. The molecule has 1 unspecified atom stereocenters. The van der Waals surface area contributed by atoms with Crippen molar-refractivity contribution in [3.63, 3.8) is 0 Å². The lowest BCUT2D eigenvalue weighted by Crippen LogP contribution is -2.40. The van der Waals surface area contributed by atoms with Crippen LogP contribution in [0.15, 0.2) is 30.3 Å². The Kier molecular flexibility index (Phi) is 6.25. The quantitative estimate of drug-likeness (QED) is 0.818. The lowest BCUT2D eigenvalue weighted by atomic mass is 10.1. The summed E-state index contributed by atoms with van der Waals surface area (Å²) in [4.78, 5) is 8.38. The fraction of sp³-hybridized carbons (Fsp3) is 0.667. The Labute approximate surface area is 133 Å². The summed E-state index contributed by atoms with van der Waals surface area (Å²) in [6, 6.07) is 10.8. The van der Waals surface area contributed by atoms with Gasteiger partial charge in [0.1, 0.15) is 0 Å². The first-order valence-corrected chi connectivity index (χ1v) is 8.72. The first-order chi connectivity index (χ1) is 10.9. The molecule has 0 bridgehead atoms. The van der Waals surface area contributed by atoms with Crippen molar-refractivity contribution >= 4 is 0 Å². The maximum Gasteiger partial charge on any atom is 0.177 e. The van der Waals surface area contributed by atoms with Crippen molar-refractivity contribution in [3.05, 3.63) is 35.9 Å². The summed E-state index contributed by atoms with van der Waals surface area (Å²) in [6.45, 7) is 4.21. The molecule has 2 aliphatic rings. The van der Waals surface area contributed by atoms with E-state index in [4.69, 9.17) is 9.57 Å².